The van der Waals surface area contributed by atoms with Gasteiger partial charge in [0.05, 0.1) is 0 Å². The van der Waals surface area contributed by atoms with Crippen LogP contribution in [0.15, 0.2) is 87.5 Å². The van der Waals surface area contributed by atoms with E-state index in [9.17, 15) is 50.1 Å². The minimum atomic E-state index is -6.65. The predicted molar refractivity (Wildman–Crippen MR) is 113 cm³/mol. The lowest BCUT2D eigenvalue weighted by molar-refractivity contribution is -0.222. The molecule has 190 valence electrons. The molecule has 35 heavy (non-hydrogen) atoms. The smallest absolute Gasteiger partial charge is 0.426 e. The first-order chi connectivity index (χ1) is 16.1. The van der Waals surface area contributed by atoms with E-state index in [1.165, 1.54) is 0 Å². The van der Waals surface area contributed by atoms with Crippen molar-refractivity contribution >= 4 is 20.4 Å². The molecule has 0 saturated heterocycles. The first-order valence-electron chi connectivity index (χ1n) is 9.36. The van der Waals surface area contributed by atoms with Crippen LogP contribution in [0.4, 0.5) is 26.3 Å². The van der Waals surface area contributed by atoms with Crippen molar-refractivity contribution in [2.45, 2.75) is 32.3 Å². The van der Waals surface area contributed by atoms with Crippen molar-refractivity contribution in [2.75, 3.05) is 0 Å². The first-order valence-corrected chi connectivity index (χ1v) is 12.3. The third-order valence-corrected chi connectivity index (χ3v) is 9.83. The Bertz CT molecular complexity index is 1170. The molecule has 0 amide bonds. The van der Waals surface area contributed by atoms with Crippen molar-refractivity contribution in [3.8, 4) is 17.2 Å². The molecule has 0 aliphatic rings. The zero-order valence-corrected chi connectivity index (χ0v) is 18.8. The maximum atomic E-state index is 14.4. The van der Waals surface area contributed by atoms with Gasteiger partial charge in [0.2, 0.25) is 0 Å². The van der Waals surface area contributed by atoms with Crippen molar-refractivity contribution in [3.05, 3.63) is 72.8 Å². The van der Waals surface area contributed by atoms with Crippen LogP contribution >= 0.6 is 10.3 Å². The average molecular weight is 542 g/mol. The second kappa shape index (κ2) is 9.17. The van der Waals surface area contributed by atoms with Gasteiger partial charge in [-0.2, -0.15) is 30.4 Å². The van der Waals surface area contributed by atoms with E-state index in [0.717, 1.165) is 72.8 Å². The van der Waals surface area contributed by atoms with Gasteiger partial charge in [0.25, 0.3) is 6.17 Å². The number of benzene rings is 3. The Morgan fingerprint density at radius 2 is 0.914 bits per heavy atom. The molecule has 3 aromatic rings. The van der Waals surface area contributed by atoms with Crippen LogP contribution in [0.3, 0.4) is 0 Å². The third-order valence-electron chi connectivity index (χ3n) is 4.61. The Morgan fingerprint density at radius 3 is 1.17 bits per heavy atom. The average Bonchev–Trinajstić information content (AvgIpc) is 2.78. The summed E-state index contributed by atoms with van der Waals surface area (Å²) in [6, 6.07) is 12.7. The minimum absolute atomic E-state index is 0.200. The lowest BCUT2D eigenvalue weighted by Crippen LogP contribution is -2.48. The molecule has 0 fully saturated rings. The number of hydrogen-bond acceptors (Lipinski definition) is 6. The van der Waals surface area contributed by atoms with Gasteiger partial charge in [-0.05, 0) is 83.1 Å². The summed E-state index contributed by atoms with van der Waals surface area (Å²) in [5.41, 5.74) is 0. The lowest BCUT2D eigenvalue weighted by atomic mass is 10.3. The summed E-state index contributed by atoms with van der Waals surface area (Å²) in [4.78, 5) is -0.601. The SMILES string of the molecule is O=S(=O)(OS(c1ccc(O)cc1)(c1ccc(O)cc1)c1ccc(O)cc1)C(F)(F)C(F)C(F)(F)F. The van der Waals surface area contributed by atoms with Gasteiger partial charge in [0, 0.05) is 14.7 Å². The van der Waals surface area contributed by atoms with Crippen LogP contribution < -0.4 is 0 Å². The van der Waals surface area contributed by atoms with Gasteiger partial charge in [-0.15, -0.1) is 0 Å². The number of rotatable bonds is 7. The van der Waals surface area contributed by atoms with Crippen LogP contribution in [0.2, 0.25) is 0 Å². The molecular weight excluding hydrogens is 526 g/mol. The Hall–Kier alpha value is -3.10. The van der Waals surface area contributed by atoms with E-state index < -0.39 is 38.0 Å². The maximum Gasteiger partial charge on any atom is 0.426 e. The molecule has 0 aliphatic heterocycles. The molecule has 0 bridgehead atoms. The van der Waals surface area contributed by atoms with E-state index in [0.29, 0.717) is 0 Å². The van der Waals surface area contributed by atoms with E-state index in [1.807, 2.05) is 0 Å². The quantitative estimate of drug-likeness (QED) is 0.324. The van der Waals surface area contributed by atoms with E-state index >= 15 is 0 Å². The molecule has 1 atom stereocenters. The molecule has 0 heterocycles. The highest BCUT2D eigenvalue weighted by atomic mass is 32.3. The van der Waals surface area contributed by atoms with Gasteiger partial charge >= 0.3 is 21.5 Å². The molecule has 1 unspecified atom stereocenters. The van der Waals surface area contributed by atoms with E-state index in [2.05, 4.69) is 0 Å². The predicted octanol–water partition coefficient (Wildman–Crippen LogP) is 5.84. The van der Waals surface area contributed by atoms with Crippen LogP contribution in [0.25, 0.3) is 0 Å². The molecule has 0 spiro atoms. The third kappa shape index (κ3) is 4.99. The second-order valence-corrected chi connectivity index (χ2v) is 11.5. The van der Waals surface area contributed by atoms with Crippen LogP contribution in [0, 0.1) is 0 Å². The first kappa shape index (κ1) is 26.5. The number of alkyl halides is 6. The molecule has 14 heteroatoms. The Kier molecular flexibility index (Phi) is 6.94. The van der Waals surface area contributed by atoms with E-state index in [4.69, 9.17) is 3.63 Å². The molecule has 0 radical (unpaired) electrons. The van der Waals surface area contributed by atoms with Gasteiger partial charge in [0.1, 0.15) is 17.2 Å². The molecule has 3 rings (SSSR count). The van der Waals surface area contributed by atoms with Crippen LogP contribution in [0.5, 0.6) is 17.2 Å². The topological polar surface area (TPSA) is 104 Å². The molecule has 0 aliphatic carbocycles. The number of halogens is 6. The highest BCUT2D eigenvalue weighted by Crippen LogP contribution is 2.71. The maximum absolute atomic E-state index is 14.4. The van der Waals surface area contributed by atoms with Crippen molar-refractivity contribution < 1.29 is 53.7 Å². The van der Waals surface area contributed by atoms with Crippen LogP contribution in [-0.2, 0) is 13.7 Å². The standard InChI is InChI=1S/C21H16F6O6S2/c22-19(20(23,24)25)21(26,27)35(31,32)33-34(16-7-1-13(28)2-8-16,17-9-3-14(29)4-10-17)18-11-5-15(30)6-12-18/h1-12,19,28-30H. The molecule has 0 aromatic heterocycles. The van der Waals surface area contributed by atoms with Crippen LogP contribution in [-0.4, -0.2) is 41.3 Å². The summed E-state index contributed by atoms with van der Waals surface area (Å²) in [7, 11) is -10.6. The van der Waals surface area contributed by atoms with Gasteiger partial charge in [-0.25, -0.2) is 8.02 Å². The minimum Gasteiger partial charge on any atom is -0.508 e. The Labute approximate surface area is 196 Å². The molecule has 3 aromatic carbocycles. The monoisotopic (exact) mass is 542 g/mol. The fourth-order valence-electron chi connectivity index (χ4n) is 2.94. The normalized spacial score (nSPS) is 14.5. The molecule has 0 saturated carbocycles. The molecular formula is C21H16F6O6S2. The zero-order chi connectivity index (χ0) is 26.2. The summed E-state index contributed by atoms with van der Waals surface area (Å²) in [5, 5.41) is 22.9. The number of hydrogen-bond donors (Lipinski definition) is 3. The Balaban J connectivity index is 2.37. The molecule has 6 nitrogen and oxygen atoms in total. The summed E-state index contributed by atoms with van der Waals surface area (Å²) in [6.07, 6.45) is -11.3. The highest BCUT2D eigenvalue weighted by Gasteiger charge is 2.66. The fourth-order valence-corrected chi connectivity index (χ4v) is 8.08. The number of phenols is 3. The summed E-state index contributed by atoms with van der Waals surface area (Å²) in [6.45, 7) is 0. The van der Waals surface area contributed by atoms with Crippen molar-refractivity contribution in [1.82, 2.24) is 0 Å². The van der Waals surface area contributed by atoms with E-state index in [-0.39, 0.29) is 31.9 Å². The van der Waals surface area contributed by atoms with Gasteiger partial charge in [-0.3, -0.25) is 0 Å². The van der Waals surface area contributed by atoms with Crippen molar-refractivity contribution in [2.24, 2.45) is 0 Å². The Morgan fingerprint density at radius 1 is 0.629 bits per heavy atom. The van der Waals surface area contributed by atoms with E-state index in [1.54, 1.807) is 0 Å². The highest BCUT2D eigenvalue weighted by molar-refractivity contribution is 8.33. The summed E-state index contributed by atoms with van der Waals surface area (Å²) in [5.74, 6) is -0.979. The molecule has 3 N–H and O–H groups in total. The summed E-state index contributed by atoms with van der Waals surface area (Å²) < 4.78 is 111. The number of aromatic hydroxyl groups is 3. The second-order valence-electron chi connectivity index (χ2n) is 7.03. The van der Waals surface area contributed by atoms with Crippen molar-refractivity contribution in [1.29, 1.82) is 0 Å². The lowest BCUT2D eigenvalue weighted by Gasteiger charge is -2.40. The largest absolute Gasteiger partial charge is 0.508 e. The van der Waals surface area contributed by atoms with Gasteiger partial charge in [0.15, 0.2) is 0 Å². The summed E-state index contributed by atoms with van der Waals surface area (Å²) >= 11 is 0. The zero-order valence-electron chi connectivity index (χ0n) is 17.2. The van der Waals surface area contributed by atoms with Crippen LogP contribution in [0.1, 0.15) is 0 Å². The number of phenolic OH excluding ortho intramolecular Hbond substituents is 3. The fraction of sp³-hybridized carbons (Fsp3) is 0.143. The van der Waals surface area contributed by atoms with Gasteiger partial charge < -0.3 is 15.3 Å². The van der Waals surface area contributed by atoms with Crippen molar-refractivity contribution in [3.63, 3.8) is 0 Å². The van der Waals surface area contributed by atoms with Gasteiger partial charge in [-0.1, -0.05) is 0 Å².